The second-order valence-electron chi connectivity index (χ2n) is 6.51. The highest BCUT2D eigenvalue weighted by atomic mass is 16.5. The second-order valence-corrected chi connectivity index (χ2v) is 6.51. The molecular formula is C21H25NO2. The fourth-order valence-corrected chi connectivity index (χ4v) is 3.17. The van der Waals surface area contributed by atoms with Gasteiger partial charge in [-0.3, -0.25) is 4.79 Å². The van der Waals surface area contributed by atoms with E-state index in [0.29, 0.717) is 18.1 Å². The van der Waals surface area contributed by atoms with Gasteiger partial charge in [-0.15, -0.1) is 0 Å². The molecule has 1 aliphatic carbocycles. The van der Waals surface area contributed by atoms with Crippen molar-refractivity contribution in [1.82, 2.24) is 5.32 Å². The van der Waals surface area contributed by atoms with Crippen LogP contribution in [0.5, 0.6) is 5.75 Å². The Hall–Kier alpha value is -2.29. The number of benzene rings is 2. The summed E-state index contributed by atoms with van der Waals surface area (Å²) in [7, 11) is 0. The van der Waals surface area contributed by atoms with E-state index in [-0.39, 0.29) is 5.91 Å². The van der Waals surface area contributed by atoms with Gasteiger partial charge >= 0.3 is 0 Å². The van der Waals surface area contributed by atoms with Gasteiger partial charge in [0, 0.05) is 12.1 Å². The maximum absolute atomic E-state index is 12.2. The minimum absolute atomic E-state index is 0.00943. The zero-order chi connectivity index (χ0) is 16.6. The molecule has 0 bridgehead atoms. The Morgan fingerprint density at radius 3 is 2.38 bits per heavy atom. The van der Waals surface area contributed by atoms with Gasteiger partial charge in [-0.2, -0.15) is 0 Å². The van der Waals surface area contributed by atoms with Gasteiger partial charge < -0.3 is 10.1 Å². The summed E-state index contributed by atoms with van der Waals surface area (Å²) in [6, 6.07) is 17.4. The van der Waals surface area contributed by atoms with E-state index in [1.807, 2.05) is 54.6 Å². The lowest BCUT2D eigenvalue weighted by atomic mass is 9.89. The maximum atomic E-state index is 12.2. The van der Waals surface area contributed by atoms with Crippen LogP contribution >= 0.6 is 0 Å². The lowest BCUT2D eigenvalue weighted by molar-refractivity contribution is 0.0943. The Balaban J connectivity index is 1.47. The van der Waals surface area contributed by atoms with E-state index in [4.69, 9.17) is 4.74 Å². The van der Waals surface area contributed by atoms with Crippen LogP contribution in [0.3, 0.4) is 0 Å². The highest BCUT2D eigenvalue weighted by molar-refractivity contribution is 5.94. The largest absolute Gasteiger partial charge is 0.489 e. The third-order valence-electron chi connectivity index (χ3n) is 4.64. The Morgan fingerprint density at radius 1 is 0.958 bits per heavy atom. The van der Waals surface area contributed by atoms with E-state index >= 15 is 0 Å². The van der Waals surface area contributed by atoms with Crippen LogP contribution < -0.4 is 10.1 Å². The Kier molecular flexibility index (Phi) is 5.89. The first-order valence-electron chi connectivity index (χ1n) is 8.86. The molecule has 0 atom stereocenters. The van der Waals surface area contributed by atoms with Gasteiger partial charge in [0.25, 0.3) is 5.91 Å². The van der Waals surface area contributed by atoms with E-state index in [1.54, 1.807) is 0 Å². The first kappa shape index (κ1) is 16.6. The lowest BCUT2D eigenvalue weighted by Crippen LogP contribution is -2.30. The van der Waals surface area contributed by atoms with Gasteiger partial charge in [0.2, 0.25) is 0 Å². The molecule has 126 valence electrons. The van der Waals surface area contributed by atoms with Crippen molar-refractivity contribution in [3.63, 3.8) is 0 Å². The summed E-state index contributed by atoms with van der Waals surface area (Å²) in [5, 5.41) is 3.07. The number of amides is 1. The quantitative estimate of drug-likeness (QED) is 0.845. The van der Waals surface area contributed by atoms with Gasteiger partial charge in [-0.1, -0.05) is 49.6 Å². The minimum Gasteiger partial charge on any atom is -0.489 e. The van der Waals surface area contributed by atoms with E-state index in [1.165, 1.54) is 32.1 Å². The van der Waals surface area contributed by atoms with Crippen molar-refractivity contribution in [2.24, 2.45) is 5.92 Å². The predicted molar refractivity (Wildman–Crippen MR) is 96.1 cm³/mol. The summed E-state index contributed by atoms with van der Waals surface area (Å²) in [5.74, 6) is 1.44. The van der Waals surface area contributed by atoms with Crippen LogP contribution in [-0.2, 0) is 6.61 Å². The highest BCUT2D eigenvalue weighted by Crippen LogP contribution is 2.23. The van der Waals surface area contributed by atoms with Crippen molar-refractivity contribution in [2.45, 2.75) is 38.7 Å². The van der Waals surface area contributed by atoms with E-state index in [0.717, 1.165) is 17.9 Å². The monoisotopic (exact) mass is 323 g/mol. The molecule has 1 aliphatic rings. The van der Waals surface area contributed by atoms with Gasteiger partial charge in [-0.05, 0) is 48.6 Å². The molecule has 0 spiro atoms. The molecule has 1 saturated carbocycles. The molecule has 1 fully saturated rings. The molecule has 2 aromatic carbocycles. The molecule has 3 heteroatoms. The van der Waals surface area contributed by atoms with Crippen LogP contribution in [0.25, 0.3) is 0 Å². The molecule has 0 aliphatic heterocycles. The molecular weight excluding hydrogens is 298 g/mol. The maximum Gasteiger partial charge on any atom is 0.251 e. The summed E-state index contributed by atoms with van der Waals surface area (Å²) in [6.07, 6.45) is 6.43. The number of hydrogen-bond acceptors (Lipinski definition) is 2. The van der Waals surface area contributed by atoms with Crippen molar-refractivity contribution in [3.8, 4) is 5.75 Å². The first-order chi connectivity index (χ1) is 11.8. The van der Waals surface area contributed by atoms with Gasteiger partial charge in [0.1, 0.15) is 12.4 Å². The lowest BCUT2D eigenvalue weighted by Gasteiger charge is -2.21. The van der Waals surface area contributed by atoms with Crippen molar-refractivity contribution in [1.29, 1.82) is 0 Å². The molecule has 24 heavy (non-hydrogen) atoms. The highest BCUT2D eigenvalue weighted by Gasteiger charge is 2.14. The third-order valence-corrected chi connectivity index (χ3v) is 4.64. The van der Waals surface area contributed by atoms with Crippen molar-refractivity contribution in [3.05, 3.63) is 65.7 Å². The molecule has 1 amide bonds. The van der Waals surface area contributed by atoms with Crippen LogP contribution in [0, 0.1) is 5.92 Å². The van der Waals surface area contributed by atoms with Crippen molar-refractivity contribution >= 4 is 5.91 Å². The molecule has 0 aromatic heterocycles. The standard InChI is InChI=1S/C21H25NO2/c23-21(22-15-17-7-3-1-4-8-17)19-11-13-20(14-12-19)24-16-18-9-5-2-6-10-18/h2,5-6,9-14,17H,1,3-4,7-8,15-16H2,(H,22,23). The summed E-state index contributed by atoms with van der Waals surface area (Å²) < 4.78 is 5.75. The number of hydrogen-bond donors (Lipinski definition) is 1. The van der Waals surface area contributed by atoms with Crippen molar-refractivity contribution in [2.75, 3.05) is 6.54 Å². The SMILES string of the molecule is O=C(NCC1CCCCC1)c1ccc(OCc2ccccc2)cc1. The van der Waals surface area contributed by atoms with E-state index in [9.17, 15) is 4.79 Å². The average molecular weight is 323 g/mol. The molecule has 1 N–H and O–H groups in total. The Morgan fingerprint density at radius 2 is 1.67 bits per heavy atom. The molecule has 0 radical (unpaired) electrons. The number of nitrogens with one attached hydrogen (secondary N) is 1. The van der Waals surface area contributed by atoms with Gasteiger partial charge in [-0.25, -0.2) is 0 Å². The summed E-state index contributed by atoms with van der Waals surface area (Å²) >= 11 is 0. The topological polar surface area (TPSA) is 38.3 Å². The molecule has 0 unspecified atom stereocenters. The average Bonchev–Trinajstić information content (AvgIpc) is 2.66. The predicted octanol–water partition coefficient (Wildman–Crippen LogP) is 4.58. The number of carbonyl (C=O) groups excluding carboxylic acids is 1. The third kappa shape index (κ3) is 4.85. The normalized spacial score (nSPS) is 15.0. The Labute approximate surface area is 144 Å². The van der Waals surface area contributed by atoms with Crippen LogP contribution in [0.1, 0.15) is 48.0 Å². The number of ether oxygens (including phenoxy) is 1. The zero-order valence-electron chi connectivity index (χ0n) is 14.0. The van der Waals surface area contributed by atoms with Crippen LogP contribution in [0.4, 0.5) is 0 Å². The van der Waals surface area contributed by atoms with Crippen LogP contribution in [-0.4, -0.2) is 12.5 Å². The van der Waals surface area contributed by atoms with Crippen molar-refractivity contribution < 1.29 is 9.53 Å². The van der Waals surface area contributed by atoms with E-state index in [2.05, 4.69) is 5.32 Å². The van der Waals surface area contributed by atoms with Gasteiger partial charge in [0.05, 0.1) is 0 Å². The number of rotatable bonds is 6. The zero-order valence-corrected chi connectivity index (χ0v) is 14.0. The molecule has 0 heterocycles. The molecule has 0 saturated heterocycles. The minimum atomic E-state index is 0.00943. The fraction of sp³-hybridized carbons (Fsp3) is 0.381. The number of carbonyl (C=O) groups is 1. The fourth-order valence-electron chi connectivity index (χ4n) is 3.17. The van der Waals surface area contributed by atoms with Crippen LogP contribution in [0.2, 0.25) is 0 Å². The van der Waals surface area contributed by atoms with Crippen LogP contribution in [0.15, 0.2) is 54.6 Å². The second kappa shape index (κ2) is 8.53. The first-order valence-corrected chi connectivity index (χ1v) is 8.86. The summed E-state index contributed by atoms with van der Waals surface area (Å²) in [4.78, 5) is 12.2. The smallest absolute Gasteiger partial charge is 0.251 e. The van der Waals surface area contributed by atoms with Gasteiger partial charge in [0.15, 0.2) is 0 Å². The van der Waals surface area contributed by atoms with E-state index < -0.39 is 0 Å². The summed E-state index contributed by atoms with van der Waals surface area (Å²) in [6.45, 7) is 1.33. The molecule has 3 nitrogen and oxygen atoms in total. The summed E-state index contributed by atoms with van der Waals surface area (Å²) in [5.41, 5.74) is 1.82. The molecule has 3 rings (SSSR count). The Bertz CT molecular complexity index is 631. The molecule has 2 aromatic rings.